The highest BCUT2D eigenvalue weighted by molar-refractivity contribution is 6.10. The number of methoxy groups -OCH3 is 1. The van der Waals surface area contributed by atoms with Crippen molar-refractivity contribution in [2.75, 3.05) is 12.0 Å². The molecular weight excluding hydrogens is 397 g/mol. The molecule has 156 valence electrons. The fraction of sp³-hybridized carbons (Fsp3) is 0.286. The maximum atomic E-state index is 12.9. The molecule has 2 aromatic heterocycles. The number of anilines is 1. The van der Waals surface area contributed by atoms with Gasteiger partial charge in [0.1, 0.15) is 12.3 Å². The highest BCUT2D eigenvalue weighted by Crippen LogP contribution is 2.33. The van der Waals surface area contributed by atoms with E-state index < -0.39 is 12.7 Å². The van der Waals surface area contributed by atoms with Gasteiger partial charge in [-0.25, -0.2) is 0 Å². The van der Waals surface area contributed by atoms with Crippen molar-refractivity contribution in [2.45, 2.75) is 33.1 Å². The summed E-state index contributed by atoms with van der Waals surface area (Å²) >= 11 is 0. The molecule has 6 nitrogen and oxygen atoms in total. The highest BCUT2D eigenvalue weighted by Gasteiger charge is 2.34. The first-order chi connectivity index (χ1) is 14.2. The number of hydrogen-bond donors (Lipinski definition) is 0. The molecule has 4 rings (SSSR count). The van der Waals surface area contributed by atoms with Crippen molar-refractivity contribution in [3.63, 3.8) is 0 Å². The molecule has 1 aliphatic heterocycles. The number of aryl methyl sites for hydroxylation is 2. The van der Waals surface area contributed by atoms with Gasteiger partial charge in [0.05, 0.1) is 42.5 Å². The van der Waals surface area contributed by atoms with Gasteiger partial charge in [-0.3, -0.25) is 19.4 Å². The maximum Gasteiger partial charge on any atom is 0.408 e. The summed E-state index contributed by atoms with van der Waals surface area (Å²) in [5.41, 5.74) is 4.67. The fourth-order valence-corrected chi connectivity index (χ4v) is 3.60. The average molecular weight is 416 g/mol. The number of hydrogen-bond acceptors (Lipinski definition) is 4. The number of pyridine rings is 1. The predicted molar refractivity (Wildman–Crippen MR) is 104 cm³/mol. The van der Waals surface area contributed by atoms with Crippen molar-refractivity contribution in [3.8, 4) is 17.0 Å². The summed E-state index contributed by atoms with van der Waals surface area (Å²) in [4.78, 5) is 19.0. The Labute approximate surface area is 170 Å². The molecule has 0 radical (unpaired) electrons. The standard InChI is InChI=1S/C21H19F3N4O2/c1-12-4-5-14(7-18(12)30-3)16-6-13(2)19-17(26-16)10-28(20(19)29)15-8-25-27(9-15)11-21(22,23)24/h4-9H,10-11H2,1-3H3. The number of aromatic nitrogens is 3. The zero-order valence-corrected chi connectivity index (χ0v) is 16.6. The van der Waals surface area contributed by atoms with E-state index in [4.69, 9.17) is 4.74 Å². The van der Waals surface area contributed by atoms with Crippen LogP contribution in [-0.4, -0.2) is 34.0 Å². The fourth-order valence-electron chi connectivity index (χ4n) is 3.60. The molecule has 1 amide bonds. The van der Waals surface area contributed by atoms with Crippen molar-refractivity contribution in [1.82, 2.24) is 14.8 Å². The molecule has 3 heterocycles. The largest absolute Gasteiger partial charge is 0.496 e. The number of amides is 1. The molecule has 0 saturated heterocycles. The zero-order valence-electron chi connectivity index (χ0n) is 16.6. The lowest BCUT2D eigenvalue weighted by Crippen LogP contribution is -2.23. The first-order valence-electron chi connectivity index (χ1n) is 9.23. The third-order valence-electron chi connectivity index (χ3n) is 5.03. The van der Waals surface area contributed by atoms with Gasteiger partial charge in [0.2, 0.25) is 0 Å². The number of fused-ring (bicyclic) bond motifs is 1. The van der Waals surface area contributed by atoms with Gasteiger partial charge in [-0.15, -0.1) is 0 Å². The Hall–Kier alpha value is -3.36. The first-order valence-corrected chi connectivity index (χ1v) is 9.23. The molecule has 0 spiro atoms. The van der Waals surface area contributed by atoms with Gasteiger partial charge in [-0.05, 0) is 37.1 Å². The Morgan fingerprint density at radius 2 is 1.93 bits per heavy atom. The van der Waals surface area contributed by atoms with E-state index in [-0.39, 0.29) is 12.5 Å². The number of halogens is 3. The molecule has 30 heavy (non-hydrogen) atoms. The van der Waals surface area contributed by atoms with Crippen LogP contribution < -0.4 is 9.64 Å². The van der Waals surface area contributed by atoms with Crippen molar-refractivity contribution in [3.05, 3.63) is 59.0 Å². The monoisotopic (exact) mass is 416 g/mol. The Morgan fingerprint density at radius 3 is 2.63 bits per heavy atom. The third kappa shape index (κ3) is 3.62. The van der Waals surface area contributed by atoms with E-state index in [1.165, 1.54) is 17.3 Å². The normalized spacial score (nSPS) is 13.7. The van der Waals surface area contributed by atoms with Gasteiger partial charge >= 0.3 is 6.18 Å². The molecular formula is C21H19F3N4O2. The average Bonchev–Trinajstić information content (AvgIpc) is 3.25. The quantitative estimate of drug-likeness (QED) is 0.637. The van der Waals surface area contributed by atoms with Crippen LogP contribution in [0.25, 0.3) is 11.3 Å². The molecule has 3 aromatic rings. The smallest absolute Gasteiger partial charge is 0.408 e. The maximum absolute atomic E-state index is 12.9. The van der Waals surface area contributed by atoms with Crippen molar-refractivity contribution >= 4 is 11.6 Å². The molecule has 0 atom stereocenters. The van der Waals surface area contributed by atoms with E-state index in [0.717, 1.165) is 27.1 Å². The number of carbonyl (C=O) groups is 1. The molecule has 0 bridgehead atoms. The highest BCUT2D eigenvalue weighted by atomic mass is 19.4. The van der Waals surface area contributed by atoms with Gasteiger partial charge in [0, 0.05) is 11.8 Å². The Kier molecular flexibility index (Phi) is 4.76. The Bertz CT molecular complexity index is 1140. The van der Waals surface area contributed by atoms with Crippen LogP contribution in [0.1, 0.15) is 27.2 Å². The van der Waals surface area contributed by atoms with E-state index in [9.17, 15) is 18.0 Å². The van der Waals surface area contributed by atoms with E-state index in [1.807, 2.05) is 38.1 Å². The molecule has 0 saturated carbocycles. The number of rotatable bonds is 4. The number of alkyl halides is 3. The Morgan fingerprint density at radius 1 is 1.17 bits per heavy atom. The molecule has 0 aliphatic carbocycles. The first kappa shape index (κ1) is 19.9. The van der Waals surface area contributed by atoms with Crippen LogP contribution in [0.5, 0.6) is 5.75 Å². The lowest BCUT2D eigenvalue weighted by Gasteiger charge is -2.12. The van der Waals surface area contributed by atoms with Crippen LogP contribution in [-0.2, 0) is 13.1 Å². The van der Waals surface area contributed by atoms with Crippen molar-refractivity contribution in [2.24, 2.45) is 0 Å². The summed E-state index contributed by atoms with van der Waals surface area (Å²) in [6.07, 6.45) is -1.90. The Balaban J connectivity index is 1.66. The SMILES string of the molecule is COc1cc(-c2cc(C)c3c(n2)CN(c2cnn(CC(F)(F)F)c2)C3=O)ccc1C. The van der Waals surface area contributed by atoms with Crippen molar-refractivity contribution in [1.29, 1.82) is 0 Å². The van der Waals surface area contributed by atoms with Gasteiger partial charge in [-0.1, -0.05) is 12.1 Å². The molecule has 1 aliphatic rings. The second-order valence-corrected chi connectivity index (χ2v) is 7.23. The number of ether oxygens (including phenoxy) is 1. The summed E-state index contributed by atoms with van der Waals surface area (Å²) in [6, 6.07) is 7.59. The number of benzene rings is 1. The van der Waals surface area contributed by atoms with Gasteiger partial charge in [0.25, 0.3) is 5.91 Å². The second kappa shape index (κ2) is 7.16. The minimum absolute atomic E-state index is 0.170. The van der Waals surface area contributed by atoms with E-state index in [0.29, 0.717) is 22.6 Å². The predicted octanol–water partition coefficient (Wildman–Crippen LogP) is 4.29. The van der Waals surface area contributed by atoms with Crippen LogP contribution in [0, 0.1) is 13.8 Å². The van der Waals surface area contributed by atoms with Crippen LogP contribution in [0.15, 0.2) is 36.7 Å². The minimum atomic E-state index is -4.39. The van der Waals surface area contributed by atoms with E-state index in [1.54, 1.807) is 7.11 Å². The van der Waals surface area contributed by atoms with Crippen LogP contribution in [0.2, 0.25) is 0 Å². The number of carbonyl (C=O) groups excluding carboxylic acids is 1. The van der Waals surface area contributed by atoms with Crippen LogP contribution in [0.4, 0.5) is 18.9 Å². The summed E-state index contributed by atoms with van der Waals surface area (Å²) < 4.78 is 43.9. The van der Waals surface area contributed by atoms with Crippen molar-refractivity contribution < 1.29 is 22.7 Å². The molecule has 1 aromatic carbocycles. The lowest BCUT2D eigenvalue weighted by molar-refractivity contribution is -0.142. The van der Waals surface area contributed by atoms with Gasteiger partial charge < -0.3 is 4.74 Å². The lowest BCUT2D eigenvalue weighted by atomic mass is 10.0. The molecule has 0 unspecified atom stereocenters. The van der Waals surface area contributed by atoms with Crippen LogP contribution in [0.3, 0.4) is 0 Å². The number of nitrogens with zero attached hydrogens (tertiary/aromatic N) is 4. The summed E-state index contributed by atoms with van der Waals surface area (Å²) in [6.45, 7) is 2.73. The van der Waals surface area contributed by atoms with E-state index in [2.05, 4.69) is 10.1 Å². The third-order valence-corrected chi connectivity index (χ3v) is 5.03. The van der Waals surface area contributed by atoms with Gasteiger partial charge in [-0.2, -0.15) is 18.3 Å². The summed E-state index contributed by atoms with van der Waals surface area (Å²) in [7, 11) is 1.60. The van der Waals surface area contributed by atoms with Gasteiger partial charge in [0.15, 0.2) is 0 Å². The van der Waals surface area contributed by atoms with E-state index >= 15 is 0 Å². The topological polar surface area (TPSA) is 60.2 Å². The zero-order chi connectivity index (χ0) is 21.6. The second-order valence-electron chi connectivity index (χ2n) is 7.23. The summed E-state index contributed by atoms with van der Waals surface area (Å²) in [5, 5.41) is 3.73. The molecule has 0 N–H and O–H groups in total. The summed E-state index contributed by atoms with van der Waals surface area (Å²) in [5.74, 6) is 0.442. The minimum Gasteiger partial charge on any atom is -0.496 e. The molecule has 9 heteroatoms. The van der Waals surface area contributed by atoms with Crippen LogP contribution >= 0.6 is 0 Å². The molecule has 0 fully saturated rings.